The first-order valence-electron chi connectivity index (χ1n) is 7.52. The summed E-state index contributed by atoms with van der Waals surface area (Å²) >= 11 is 0. The van der Waals surface area contributed by atoms with Crippen LogP contribution in [0.15, 0.2) is 29.3 Å². The van der Waals surface area contributed by atoms with Crippen LogP contribution >= 0.6 is 24.0 Å². The standard InChI is InChI=1S/C16H26N4O.HI/c1-4-6-11-19-16(17-3)20-12-13-7-9-14(10-8-13)15(21)18-5-2;/h7-10H,4-6,11-12H2,1-3H3,(H,18,21)(H2,17,19,20);1H. The minimum absolute atomic E-state index is 0. The van der Waals surface area contributed by atoms with Gasteiger partial charge in [0.2, 0.25) is 0 Å². The summed E-state index contributed by atoms with van der Waals surface area (Å²) in [5.74, 6) is 0.769. The molecule has 3 N–H and O–H groups in total. The van der Waals surface area contributed by atoms with Crippen LogP contribution in [0.3, 0.4) is 0 Å². The number of carbonyl (C=O) groups excluding carboxylic acids is 1. The Hall–Kier alpha value is -1.31. The van der Waals surface area contributed by atoms with Gasteiger partial charge in [-0.2, -0.15) is 0 Å². The highest BCUT2D eigenvalue weighted by atomic mass is 127. The maximum atomic E-state index is 11.7. The zero-order valence-electron chi connectivity index (χ0n) is 13.6. The molecule has 0 radical (unpaired) electrons. The molecule has 124 valence electrons. The molecule has 1 rings (SSSR count). The predicted molar refractivity (Wildman–Crippen MR) is 103 cm³/mol. The second kappa shape index (κ2) is 12.3. The van der Waals surface area contributed by atoms with Crippen molar-refractivity contribution in [3.05, 3.63) is 35.4 Å². The van der Waals surface area contributed by atoms with Gasteiger partial charge in [-0.1, -0.05) is 25.5 Å². The summed E-state index contributed by atoms with van der Waals surface area (Å²) in [6.07, 6.45) is 2.28. The molecule has 0 heterocycles. The van der Waals surface area contributed by atoms with Crippen LogP contribution in [0.25, 0.3) is 0 Å². The molecule has 1 amide bonds. The normalized spacial score (nSPS) is 10.6. The van der Waals surface area contributed by atoms with Crippen molar-refractivity contribution in [2.75, 3.05) is 20.1 Å². The van der Waals surface area contributed by atoms with Gasteiger partial charge in [-0.15, -0.1) is 24.0 Å². The fourth-order valence-electron chi connectivity index (χ4n) is 1.83. The minimum Gasteiger partial charge on any atom is -0.356 e. The maximum absolute atomic E-state index is 11.7. The number of rotatable bonds is 7. The quantitative estimate of drug-likeness (QED) is 0.276. The first-order chi connectivity index (χ1) is 10.2. The molecule has 0 aromatic heterocycles. The Morgan fingerprint density at radius 2 is 1.77 bits per heavy atom. The van der Waals surface area contributed by atoms with Crippen molar-refractivity contribution in [2.45, 2.75) is 33.2 Å². The van der Waals surface area contributed by atoms with Gasteiger partial charge in [-0.05, 0) is 31.0 Å². The van der Waals surface area contributed by atoms with Crippen molar-refractivity contribution in [3.8, 4) is 0 Å². The zero-order valence-corrected chi connectivity index (χ0v) is 15.9. The van der Waals surface area contributed by atoms with E-state index < -0.39 is 0 Å². The van der Waals surface area contributed by atoms with Crippen LogP contribution in [-0.4, -0.2) is 32.0 Å². The van der Waals surface area contributed by atoms with Crippen LogP contribution in [0.5, 0.6) is 0 Å². The van der Waals surface area contributed by atoms with E-state index in [0.717, 1.165) is 30.9 Å². The largest absolute Gasteiger partial charge is 0.356 e. The molecule has 0 saturated carbocycles. The van der Waals surface area contributed by atoms with E-state index in [9.17, 15) is 4.79 Å². The van der Waals surface area contributed by atoms with E-state index in [1.165, 1.54) is 0 Å². The van der Waals surface area contributed by atoms with Crippen LogP contribution in [0.4, 0.5) is 0 Å². The number of nitrogens with one attached hydrogen (secondary N) is 3. The summed E-state index contributed by atoms with van der Waals surface area (Å²) in [5.41, 5.74) is 1.80. The molecule has 0 spiro atoms. The van der Waals surface area contributed by atoms with Crippen LogP contribution in [0.2, 0.25) is 0 Å². The van der Waals surface area contributed by atoms with Gasteiger partial charge in [0.1, 0.15) is 0 Å². The van der Waals surface area contributed by atoms with Gasteiger partial charge in [-0.25, -0.2) is 0 Å². The molecule has 0 atom stereocenters. The van der Waals surface area contributed by atoms with Crippen molar-refractivity contribution < 1.29 is 4.79 Å². The molecule has 0 unspecified atom stereocenters. The first-order valence-corrected chi connectivity index (χ1v) is 7.52. The minimum atomic E-state index is -0.0333. The second-order valence-electron chi connectivity index (χ2n) is 4.76. The molecule has 6 heteroatoms. The van der Waals surface area contributed by atoms with Gasteiger partial charge in [0.25, 0.3) is 5.91 Å². The average Bonchev–Trinajstić information content (AvgIpc) is 2.51. The number of aliphatic imine (C=N–C) groups is 1. The number of guanidine groups is 1. The van der Waals surface area contributed by atoms with Gasteiger partial charge < -0.3 is 16.0 Å². The Morgan fingerprint density at radius 1 is 1.09 bits per heavy atom. The molecular weight excluding hydrogens is 391 g/mol. The third-order valence-electron chi connectivity index (χ3n) is 3.06. The summed E-state index contributed by atoms with van der Waals surface area (Å²) in [5, 5.41) is 9.30. The van der Waals surface area contributed by atoms with Crippen molar-refractivity contribution >= 4 is 35.8 Å². The lowest BCUT2D eigenvalue weighted by atomic mass is 10.1. The van der Waals surface area contributed by atoms with Gasteiger partial charge >= 0.3 is 0 Å². The number of hydrogen-bond acceptors (Lipinski definition) is 2. The molecule has 0 aliphatic rings. The summed E-state index contributed by atoms with van der Waals surface area (Å²) in [7, 11) is 1.76. The highest BCUT2D eigenvalue weighted by Crippen LogP contribution is 2.04. The van der Waals surface area contributed by atoms with Crippen molar-refractivity contribution in [2.24, 2.45) is 4.99 Å². The summed E-state index contributed by atoms with van der Waals surface area (Å²) in [6, 6.07) is 7.60. The molecule has 0 aliphatic heterocycles. The topological polar surface area (TPSA) is 65.5 Å². The van der Waals surface area contributed by atoms with Crippen molar-refractivity contribution in [1.29, 1.82) is 0 Å². The maximum Gasteiger partial charge on any atom is 0.251 e. The Balaban J connectivity index is 0.00000441. The molecular formula is C16H27IN4O. The van der Waals surface area contributed by atoms with Crippen molar-refractivity contribution in [3.63, 3.8) is 0 Å². The Kier molecular flexibility index (Phi) is 11.5. The highest BCUT2D eigenvalue weighted by Gasteiger charge is 2.03. The fraction of sp³-hybridized carbons (Fsp3) is 0.500. The number of carbonyl (C=O) groups is 1. The smallest absolute Gasteiger partial charge is 0.251 e. The van der Waals surface area contributed by atoms with E-state index in [1.54, 1.807) is 7.05 Å². The van der Waals surface area contributed by atoms with Gasteiger partial charge in [0.15, 0.2) is 5.96 Å². The third-order valence-corrected chi connectivity index (χ3v) is 3.06. The van der Waals surface area contributed by atoms with Gasteiger partial charge in [0.05, 0.1) is 0 Å². The van der Waals surface area contributed by atoms with Gasteiger partial charge in [0, 0.05) is 32.2 Å². The molecule has 5 nitrogen and oxygen atoms in total. The highest BCUT2D eigenvalue weighted by molar-refractivity contribution is 14.0. The van der Waals surface area contributed by atoms with Crippen LogP contribution in [0, 0.1) is 0 Å². The SMILES string of the molecule is CCCCNC(=NC)NCc1ccc(C(=O)NCC)cc1.I. The summed E-state index contributed by atoms with van der Waals surface area (Å²) in [4.78, 5) is 15.8. The molecule has 1 aromatic carbocycles. The van der Waals surface area contributed by atoms with E-state index in [2.05, 4.69) is 27.9 Å². The van der Waals surface area contributed by atoms with Gasteiger partial charge in [-0.3, -0.25) is 9.79 Å². The molecule has 0 bridgehead atoms. The number of nitrogens with zero attached hydrogens (tertiary/aromatic N) is 1. The van der Waals surface area contributed by atoms with Crippen molar-refractivity contribution in [1.82, 2.24) is 16.0 Å². The lowest BCUT2D eigenvalue weighted by molar-refractivity contribution is 0.0956. The number of unbranched alkanes of at least 4 members (excludes halogenated alkanes) is 1. The Morgan fingerprint density at radius 3 is 2.32 bits per heavy atom. The van der Waals surface area contributed by atoms with E-state index in [1.807, 2.05) is 31.2 Å². The fourth-order valence-corrected chi connectivity index (χ4v) is 1.83. The molecule has 1 aromatic rings. The number of amides is 1. The Bertz CT molecular complexity index is 460. The van der Waals surface area contributed by atoms with Crippen LogP contribution in [0.1, 0.15) is 42.6 Å². The van der Waals surface area contributed by atoms with E-state index in [4.69, 9.17) is 0 Å². The monoisotopic (exact) mass is 418 g/mol. The molecule has 22 heavy (non-hydrogen) atoms. The number of halogens is 1. The Labute approximate surface area is 150 Å². The van der Waals surface area contributed by atoms with E-state index >= 15 is 0 Å². The third kappa shape index (κ3) is 7.63. The first kappa shape index (κ1) is 20.7. The van der Waals surface area contributed by atoms with E-state index in [-0.39, 0.29) is 29.9 Å². The zero-order chi connectivity index (χ0) is 15.5. The average molecular weight is 418 g/mol. The number of benzene rings is 1. The molecule has 0 fully saturated rings. The number of hydrogen-bond donors (Lipinski definition) is 3. The van der Waals surface area contributed by atoms with Crippen LogP contribution < -0.4 is 16.0 Å². The lowest BCUT2D eigenvalue weighted by Gasteiger charge is -2.11. The molecule has 0 saturated heterocycles. The van der Waals surface area contributed by atoms with E-state index in [0.29, 0.717) is 18.7 Å². The van der Waals surface area contributed by atoms with Crippen LogP contribution in [-0.2, 0) is 6.54 Å². The summed E-state index contributed by atoms with van der Waals surface area (Å²) in [6.45, 7) is 6.32. The summed E-state index contributed by atoms with van der Waals surface area (Å²) < 4.78 is 0. The molecule has 0 aliphatic carbocycles. The lowest BCUT2D eigenvalue weighted by Crippen LogP contribution is -2.37. The second-order valence-corrected chi connectivity index (χ2v) is 4.76. The predicted octanol–water partition coefficient (Wildman–Crippen LogP) is 2.52.